The molecular weight excluding hydrogens is 192 g/mol. The van der Waals surface area contributed by atoms with Crippen LogP contribution in [0.1, 0.15) is 19.8 Å². The predicted octanol–water partition coefficient (Wildman–Crippen LogP) is 0.797. The molecule has 3 atom stereocenters. The third-order valence-electron chi connectivity index (χ3n) is 2.29. The summed E-state index contributed by atoms with van der Waals surface area (Å²) in [5.41, 5.74) is 0. The summed E-state index contributed by atoms with van der Waals surface area (Å²) in [7, 11) is 0. The van der Waals surface area contributed by atoms with Gasteiger partial charge in [-0.05, 0) is 6.42 Å². The van der Waals surface area contributed by atoms with Crippen molar-refractivity contribution in [3.63, 3.8) is 0 Å². The summed E-state index contributed by atoms with van der Waals surface area (Å²) in [5, 5.41) is 0. The third kappa shape index (κ3) is 2.77. The number of cyclic esters (lactones) is 1. The van der Waals surface area contributed by atoms with Crippen LogP contribution in [0.4, 0.5) is 0 Å². The third-order valence-corrected chi connectivity index (χ3v) is 2.94. The van der Waals surface area contributed by atoms with Crippen LogP contribution in [-0.2, 0) is 20.6 Å². The molecular formula is C8H14O4S. The fourth-order valence-electron chi connectivity index (χ4n) is 1.62. The first-order valence-electron chi connectivity index (χ1n) is 4.39. The van der Waals surface area contributed by atoms with E-state index in [1.54, 1.807) is 0 Å². The van der Waals surface area contributed by atoms with E-state index in [0.29, 0.717) is 6.61 Å². The summed E-state index contributed by atoms with van der Waals surface area (Å²) in [6.45, 7) is 2.43. The minimum absolute atomic E-state index is 0.0174. The average molecular weight is 206 g/mol. The van der Waals surface area contributed by atoms with Gasteiger partial charge in [-0.15, -0.1) is 0 Å². The lowest BCUT2D eigenvalue weighted by atomic mass is 9.93. The quantitative estimate of drug-likeness (QED) is 0.546. The average Bonchev–Trinajstić information content (AvgIpc) is 2.36. The van der Waals surface area contributed by atoms with Gasteiger partial charge in [0, 0.05) is 5.92 Å². The zero-order valence-electron chi connectivity index (χ0n) is 7.56. The van der Waals surface area contributed by atoms with E-state index in [1.165, 1.54) is 0 Å². The van der Waals surface area contributed by atoms with Gasteiger partial charge in [-0.3, -0.25) is 4.79 Å². The van der Waals surface area contributed by atoms with Gasteiger partial charge in [-0.1, -0.05) is 13.3 Å². The Morgan fingerprint density at radius 1 is 1.69 bits per heavy atom. The number of ether oxygens (including phenoxy) is 1. The molecule has 0 bridgehead atoms. The molecule has 1 aliphatic rings. The first-order valence-corrected chi connectivity index (χ1v) is 5.66. The molecule has 13 heavy (non-hydrogen) atoms. The molecule has 5 heteroatoms. The predicted molar refractivity (Wildman–Crippen MR) is 48.5 cm³/mol. The van der Waals surface area contributed by atoms with Gasteiger partial charge in [-0.2, -0.15) is 0 Å². The van der Waals surface area contributed by atoms with Crippen LogP contribution in [0.25, 0.3) is 0 Å². The largest absolute Gasteiger partial charge is 0.465 e. The van der Waals surface area contributed by atoms with Gasteiger partial charge in [0.25, 0.3) is 0 Å². The summed E-state index contributed by atoms with van der Waals surface area (Å²) in [5.74, 6) is -0.538. The van der Waals surface area contributed by atoms with Crippen molar-refractivity contribution in [3.8, 4) is 0 Å². The number of rotatable bonds is 4. The molecule has 1 fully saturated rings. The molecule has 1 rings (SSSR count). The first kappa shape index (κ1) is 10.7. The topological polar surface area (TPSA) is 63.6 Å². The highest BCUT2D eigenvalue weighted by Gasteiger charge is 2.37. The highest BCUT2D eigenvalue weighted by Crippen LogP contribution is 2.26. The van der Waals surface area contributed by atoms with Crippen molar-refractivity contribution in [2.75, 3.05) is 12.4 Å². The van der Waals surface area contributed by atoms with Crippen LogP contribution >= 0.6 is 0 Å². The minimum Gasteiger partial charge on any atom is -0.465 e. The zero-order valence-corrected chi connectivity index (χ0v) is 8.38. The van der Waals surface area contributed by atoms with E-state index in [9.17, 15) is 9.00 Å². The van der Waals surface area contributed by atoms with Crippen molar-refractivity contribution in [1.82, 2.24) is 0 Å². The molecule has 1 heterocycles. The number of hydrogen-bond donors (Lipinski definition) is 1. The molecule has 4 nitrogen and oxygen atoms in total. The standard InChI is InChI=1S/C8H14O4S/c1-2-3-6-4-12-8(9)7(6)5-13(10)11/h6-7H,2-5H2,1H3,(H,10,11)/t6-,7?/m1/s1. The molecule has 0 aliphatic carbocycles. The molecule has 0 aromatic heterocycles. The molecule has 0 amide bonds. The summed E-state index contributed by atoms with van der Waals surface area (Å²) in [6.07, 6.45) is 1.85. The molecule has 0 radical (unpaired) electrons. The van der Waals surface area contributed by atoms with Gasteiger partial charge in [0.05, 0.1) is 18.3 Å². The van der Waals surface area contributed by atoms with Crippen LogP contribution in [-0.4, -0.2) is 27.1 Å². The second-order valence-corrected chi connectivity index (χ2v) is 4.25. The van der Waals surface area contributed by atoms with E-state index >= 15 is 0 Å². The molecule has 0 saturated carbocycles. The Morgan fingerprint density at radius 2 is 2.38 bits per heavy atom. The fraction of sp³-hybridized carbons (Fsp3) is 0.875. The highest BCUT2D eigenvalue weighted by atomic mass is 32.2. The van der Waals surface area contributed by atoms with Crippen molar-refractivity contribution in [1.29, 1.82) is 0 Å². The Bertz CT molecular complexity index is 216. The molecule has 1 aliphatic heterocycles. The Balaban J connectivity index is 2.54. The van der Waals surface area contributed by atoms with E-state index in [2.05, 4.69) is 0 Å². The number of hydrogen-bond acceptors (Lipinski definition) is 3. The molecule has 0 aromatic rings. The first-order chi connectivity index (χ1) is 6.15. The van der Waals surface area contributed by atoms with Gasteiger partial charge in [0.15, 0.2) is 11.1 Å². The van der Waals surface area contributed by atoms with E-state index < -0.39 is 11.1 Å². The Hall–Kier alpha value is -0.420. The maximum atomic E-state index is 11.1. The van der Waals surface area contributed by atoms with E-state index in [4.69, 9.17) is 9.29 Å². The van der Waals surface area contributed by atoms with E-state index in [1.807, 2.05) is 6.92 Å². The van der Waals surface area contributed by atoms with Crippen molar-refractivity contribution < 1.29 is 18.3 Å². The van der Waals surface area contributed by atoms with Crippen LogP contribution in [0, 0.1) is 11.8 Å². The lowest BCUT2D eigenvalue weighted by Crippen LogP contribution is -2.22. The summed E-state index contributed by atoms with van der Waals surface area (Å²) < 4.78 is 24.1. The van der Waals surface area contributed by atoms with Crippen molar-refractivity contribution >= 4 is 17.0 Å². The lowest BCUT2D eigenvalue weighted by Gasteiger charge is -2.11. The Kier molecular flexibility index (Phi) is 3.87. The van der Waals surface area contributed by atoms with Gasteiger partial charge in [-0.25, -0.2) is 4.21 Å². The summed E-state index contributed by atoms with van der Waals surface area (Å²) in [6, 6.07) is 0. The summed E-state index contributed by atoms with van der Waals surface area (Å²) >= 11 is -1.90. The normalized spacial score (nSPS) is 30.2. The van der Waals surface area contributed by atoms with Crippen LogP contribution in [0.5, 0.6) is 0 Å². The van der Waals surface area contributed by atoms with Crippen molar-refractivity contribution in [2.24, 2.45) is 11.8 Å². The second kappa shape index (κ2) is 4.72. The van der Waals surface area contributed by atoms with Gasteiger partial charge in [0.1, 0.15) is 0 Å². The van der Waals surface area contributed by atoms with Crippen LogP contribution in [0.2, 0.25) is 0 Å². The van der Waals surface area contributed by atoms with Crippen LogP contribution in [0.3, 0.4) is 0 Å². The number of carbonyl (C=O) groups excluding carboxylic acids is 1. The van der Waals surface area contributed by atoms with Crippen LogP contribution < -0.4 is 0 Å². The van der Waals surface area contributed by atoms with Gasteiger partial charge in [0.2, 0.25) is 0 Å². The molecule has 0 spiro atoms. The molecule has 2 unspecified atom stereocenters. The number of carbonyl (C=O) groups is 1. The number of esters is 1. The lowest BCUT2D eigenvalue weighted by molar-refractivity contribution is -0.140. The van der Waals surface area contributed by atoms with Crippen molar-refractivity contribution in [3.05, 3.63) is 0 Å². The summed E-state index contributed by atoms with van der Waals surface area (Å²) in [4.78, 5) is 11.1. The Morgan fingerprint density at radius 3 is 2.92 bits per heavy atom. The maximum Gasteiger partial charge on any atom is 0.310 e. The minimum atomic E-state index is -1.90. The SMILES string of the molecule is CCC[C@@H]1COC(=O)C1CS(=O)O. The second-order valence-electron chi connectivity index (χ2n) is 3.27. The zero-order chi connectivity index (χ0) is 9.84. The monoisotopic (exact) mass is 206 g/mol. The van der Waals surface area contributed by atoms with E-state index in [0.717, 1.165) is 12.8 Å². The van der Waals surface area contributed by atoms with Gasteiger partial charge < -0.3 is 9.29 Å². The van der Waals surface area contributed by atoms with Crippen LogP contribution in [0.15, 0.2) is 0 Å². The van der Waals surface area contributed by atoms with Crippen molar-refractivity contribution in [2.45, 2.75) is 19.8 Å². The fourth-order valence-corrected chi connectivity index (χ4v) is 2.33. The molecule has 0 aromatic carbocycles. The Labute approximate surface area is 79.9 Å². The van der Waals surface area contributed by atoms with E-state index in [-0.39, 0.29) is 23.6 Å². The smallest absolute Gasteiger partial charge is 0.310 e. The molecule has 1 saturated heterocycles. The molecule has 1 N–H and O–H groups in total. The maximum absolute atomic E-state index is 11.1. The molecule has 76 valence electrons. The van der Waals surface area contributed by atoms with Gasteiger partial charge >= 0.3 is 5.97 Å². The highest BCUT2D eigenvalue weighted by molar-refractivity contribution is 7.79.